The molecule has 0 aliphatic carbocycles. The maximum Gasteiger partial charge on any atom is 0.111 e. The molecule has 0 amide bonds. The van der Waals surface area contributed by atoms with Gasteiger partial charge in [-0.3, -0.25) is 0 Å². The number of imidazole rings is 1. The van der Waals surface area contributed by atoms with Crippen LogP contribution in [0.15, 0.2) is 6.20 Å². The number of hydrogen-bond acceptors (Lipinski definition) is 3. The zero-order valence-corrected chi connectivity index (χ0v) is 7.62. The van der Waals surface area contributed by atoms with Gasteiger partial charge in [-0.2, -0.15) is 0 Å². The fourth-order valence-corrected chi connectivity index (χ4v) is 1.64. The molecule has 1 aliphatic rings. The van der Waals surface area contributed by atoms with Gasteiger partial charge < -0.3 is 15.5 Å². The van der Waals surface area contributed by atoms with Crippen LogP contribution in [0.25, 0.3) is 0 Å². The molecule has 3 N–H and O–H groups in total. The minimum absolute atomic E-state index is 0.439. The van der Waals surface area contributed by atoms with Crippen molar-refractivity contribution in [1.29, 1.82) is 0 Å². The van der Waals surface area contributed by atoms with E-state index in [4.69, 9.17) is 10.5 Å². The van der Waals surface area contributed by atoms with Crippen LogP contribution in [0.2, 0.25) is 0 Å². The van der Waals surface area contributed by atoms with E-state index < -0.39 is 0 Å². The maximum absolute atomic E-state index is 5.49. The number of hydrogen-bond donors (Lipinski definition) is 2. The maximum atomic E-state index is 5.49. The molecule has 72 valence electrons. The van der Waals surface area contributed by atoms with Gasteiger partial charge in [-0.15, -0.1) is 0 Å². The summed E-state index contributed by atoms with van der Waals surface area (Å²) in [6.45, 7) is 2.21. The van der Waals surface area contributed by atoms with Gasteiger partial charge >= 0.3 is 0 Å². The molecule has 4 heteroatoms. The molecule has 1 saturated heterocycles. The molecule has 1 fully saturated rings. The molecule has 0 bridgehead atoms. The lowest BCUT2D eigenvalue weighted by atomic mass is 10.0. The Morgan fingerprint density at radius 1 is 1.69 bits per heavy atom. The number of aromatic amines is 1. The summed E-state index contributed by atoms with van der Waals surface area (Å²) in [5.74, 6) is 1.47. The number of ether oxygens (including phenoxy) is 1. The second-order valence-electron chi connectivity index (χ2n) is 3.41. The van der Waals surface area contributed by atoms with Crippen molar-refractivity contribution in [3.8, 4) is 0 Å². The first-order valence-corrected chi connectivity index (χ1v) is 4.71. The zero-order chi connectivity index (χ0) is 9.10. The summed E-state index contributed by atoms with van der Waals surface area (Å²) in [6.07, 6.45) is 4.10. The van der Waals surface area contributed by atoms with E-state index in [1.807, 2.05) is 6.20 Å². The first kappa shape index (κ1) is 8.72. The molecule has 0 spiro atoms. The Kier molecular flexibility index (Phi) is 2.61. The Bertz CT molecular complexity index is 266. The van der Waals surface area contributed by atoms with Crippen molar-refractivity contribution in [3.63, 3.8) is 0 Å². The van der Waals surface area contributed by atoms with Crippen molar-refractivity contribution < 1.29 is 4.74 Å². The van der Waals surface area contributed by atoms with Gasteiger partial charge in [0.05, 0.1) is 6.61 Å². The topological polar surface area (TPSA) is 63.9 Å². The predicted molar refractivity (Wildman–Crippen MR) is 49.3 cm³/mol. The summed E-state index contributed by atoms with van der Waals surface area (Å²) >= 11 is 0. The van der Waals surface area contributed by atoms with E-state index in [9.17, 15) is 0 Å². The molecule has 4 nitrogen and oxygen atoms in total. The van der Waals surface area contributed by atoms with E-state index in [0.29, 0.717) is 12.5 Å². The van der Waals surface area contributed by atoms with E-state index in [1.54, 1.807) is 0 Å². The van der Waals surface area contributed by atoms with E-state index in [2.05, 4.69) is 9.97 Å². The van der Waals surface area contributed by atoms with Crippen molar-refractivity contribution in [3.05, 3.63) is 17.7 Å². The van der Waals surface area contributed by atoms with E-state index in [-0.39, 0.29) is 0 Å². The minimum Gasteiger partial charge on any atom is -0.381 e. The lowest BCUT2D eigenvalue weighted by Crippen LogP contribution is -2.16. The van der Waals surface area contributed by atoms with Gasteiger partial charge in [-0.1, -0.05) is 0 Å². The highest BCUT2D eigenvalue weighted by atomic mass is 16.5. The van der Waals surface area contributed by atoms with E-state index in [1.165, 1.54) is 0 Å². The smallest absolute Gasteiger partial charge is 0.111 e. The van der Waals surface area contributed by atoms with Gasteiger partial charge in [0, 0.05) is 31.0 Å². The summed E-state index contributed by atoms with van der Waals surface area (Å²) in [5, 5.41) is 0. The molecule has 0 saturated carbocycles. The third kappa shape index (κ3) is 1.89. The highest BCUT2D eigenvalue weighted by Crippen LogP contribution is 2.22. The van der Waals surface area contributed by atoms with Crippen LogP contribution in [0.4, 0.5) is 0 Å². The van der Waals surface area contributed by atoms with Gasteiger partial charge in [-0.25, -0.2) is 4.98 Å². The first-order chi connectivity index (χ1) is 6.40. The van der Waals surface area contributed by atoms with E-state index >= 15 is 0 Å². The fraction of sp³-hybridized carbons (Fsp3) is 0.667. The van der Waals surface area contributed by atoms with Crippen molar-refractivity contribution in [2.45, 2.75) is 25.3 Å². The quantitative estimate of drug-likeness (QED) is 0.708. The summed E-state index contributed by atoms with van der Waals surface area (Å²) in [6, 6.07) is 0. The van der Waals surface area contributed by atoms with Gasteiger partial charge in [-0.05, 0) is 12.8 Å². The van der Waals surface area contributed by atoms with Crippen molar-refractivity contribution >= 4 is 0 Å². The number of nitrogens with two attached hydrogens (primary N) is 1. The second kappa shape index (κ2) is 3.89. The standard InChI is InChI=1S/C9H15N3O/c10-4-8-5-11-9(12-8)7-2-1-3-13-6-7/h5,7H,1-4,6,10H2,(H,11,12). The molecule has 0 aromatic carbocycles. The average molecular weight is 181 g/mol. The normalized spacial score (nSPS) is 23.3. The van der Waals surface area contributed by atoms with Crippen LogP contribution < -0.4 is 5.73 Å². The molecule has 1 aliphatic heterocycles. The van der Waals surface area contributed by atoms with Gasteiger partial charge in [0.1, 0.15) is 5.82 Å². The number of aromatic nitrogens is 2. The Labute approximate surface area is 77.5 Å². The van der Waals surface area contributed by atoms with Crippen LogP contribution in [0.1, 0.15) is 30.3 Å². The van der Waals surface area contributed by atoms with Crippen molar-refractivity contribution in [2.24, 2.45) is 5.73 Å². The molecule has 13 heavy (non-hydrogen) atoms. The average Bonchev–Trinajstić information content (AvgIpc) is 2.67. The predicted octanol–water partition coefficient (Wildman–Crippen LogP) is 0.762. The summed E-state index contributed by atoms with van der Waals surface area (Å²) in [5.41, 5.74) is 6.49. The highest BCUT2D eigenvalue weighted by Gasteiger charge is 2.18. The molecule has 2 rings (SSSR count). The molecular weight excluding hydrogens is 166 g/mol. The minimum atomic E-state index is 0.439. The summed E-state index contributed by atoms with van der Waals surface area (Å²) in [7, 11) is 0. The van der Waals surface area contributed by atoms with Crippen LogP contribution in [0, 0.1) is 0 Å². The second-order valence-corrected chi connectivity index (χ2v) is 3.41. The van der Waals surface area contributed by atoms with Crippen LogP contribution in [0.5, 0.6) is 0 Å². The van der Waals surface area contributed by atoms with Crippen LogP contribution in [0.3, 0.4) is 0 Å². The Morgan fingerprint density at radius 3 is 3.23 bits per heavy atom. The molecule has 2 heterocycles. The van der Waals surface area contributed by atoms with Gasteiger partial charge in [0.2, 0.25) is 0 Å². The van der Waals surface area contributed by atoms with Crippen LogP contribution in [-0.2, 0) is 11.3 Å². The number of nitrogens with one attached hydrogen (secondary N) is 1. The number of H-pyrrole nitrogens is 1. The van der Waals surface area contributed by atoms with Crippen molar-refractivity contribution in [2.75, 3.05) is 13.2 Å². The fourth-order valence-electron chi connectivity index (χ4n) is 1.64. The van der Waals surface area contributed by atoms with Gasteiger partial charge in [0.25, 0.3) is 0 Å². The summed E-state index contributed by atoms with van der Waals surface area (Å²) < 4.78 is 5.39. The molecule has 1 unspecified atom stereocenters. The van der Waals surface area contributed by atoms with Crippen LogP contribution >= 0.6 is 0 Å². The molecule has 1 aromatic rings. The zero-order valence-electron chi connectivity index (χ0n) is 7.62. The molecule has 1 atom stereocenters. The molecule has 0 radical (unpaired) electrons. The Hall–Kier alpha value is -0.870. The Morgan fingerprint density at radius 2 is 2.62 bits per heavy atom. The Balaban J connectivity index is 2.05. The van der Waals surface area contributed by atoms with Gasteiger partial charge in [0.15, 0.2) is 0 Å². The molecular formula is C9H15N3O. The highest BCUT2D eigenvalue weighted by molar-refractivity contribution is 5.05. The lowest BCUT2D eigenvalue weighted by Gasteiger charge is -2.19. The first-order valence-electron chi connectivity index (χ1n) is 4.71. The largest absolute Gasteiger partial charge is 0.381 e. The lowest BCUT2D eigenvalue weighted by molar-refractivity contribution is 0.0782. The SMILES string of the molecule is NCc1cnc(C2CCCOC2)[nH]1. The summed E-state index contributed by atoms with van der Waals surface area (Å²) in [4.78, 5) is 7.51. The third-order valence-electron chi connectivity index (χ3n) is 2.42. The van der Waals surface area contributed by atoms with E-state index in [0.717, 1.165) is 37.6 Å². The number of nitrogens with zero attached hydrogens (tertiary/aromatic N) is 1. The number of rotatable bonds is 2. The monoisotopic (exact) mass is 181 g/mol. The van der Waals surface area contributed by atoms with Crippen LogP contribution in [-0.4, -0.2) is 23.2 Å². The molecule has 1 aromatic heterocycles. The van der Waals surface area contributed by atoms with Crippen molar-refractivity contribution in [1.82, 2.24) is 9.97 Å². The third-order valence-corrected chi connectivity index (χ3v) is 2.42.